The van der Waals surface area contributed by atoms with E-state index < -0.39 is 0 Å². The number of H-pyrrole nitrogens is 1. The maximum absolute atomic E-state index is 11.7. The Labute approximate surface area is 92.4 Å². The zero-order valence-corrected chi connectivity index (χ0v) is 9.17. The summed E-state index contributed by atoms with van der Waals surface area (Å²) < 4.78 is 0. The van der Waals surface area contributed by atoms with Gasteiger partial charge in [0.2, 0.25) is 0 Å². The van der Waals surface area contributed by atoms with Gasteiger partial charge in [-0.1, -0.05) is 30.3 Å². The van der Waals surface area contributed by atoms with Gasteiger partial charge in [0.25, 0.3) is 5.56 Å². The predicted octanol–water partition coefficient (Wildman–Crippen LogP) is 2.76. The first kappa shape index (κ1) is 10.1. The second-order valence-corrected chi connectivity index (χ2v) is 3.96. The van der Waals surface area contributed by atoms with Crippen LogP contribution in [0.2, 0.25) is 0 Å². The van der Waals surface area contributed by atoms with Crippen LogP contribution in [0.25, 0.3) is 11.1 Å². The third-order valence-electron chi connectivity index (χ3n) is 2.20. The van der Waals surface area contributed by atoms with Gasteiger partial charge in [-0.25, -0.2) is 0 Å². The second-order valence-electron chi connectivity index (χ2n) is 3.12. The average Bonchev–Trinajstić information content (AvgIpc) is 2.29. The van der Waals surface area contributed by atoms with E-state index in [0.717, 1.165) is 16.0 Å². The topological polar surface area (TPSA) is 32.9 Å². The highest BCUT2D eigenvalue weighted by Crippen LogP contribution is 2.25. The van der Waals surface area contributed by atoms with Crippen LogP contribution in [0.1, 0.15) is 0 Å². The van der Waals surface area contributed by atoms with Gasteiger partial charge in [-0.15, -0.1) is 11.8 Å². The summed E-state index contributed by atoms with van der Waals surface area (Å²) in [5.41, 5.74) is 1.68. The third-order valence-corrected chi connectivity index (χ3v) is 2.99. The minimum absolute atomic E-state index is 0.0342. The minimum Gasteiger partial charge on any atom is -0.329 e. The molecule has 0 aliphatic rings. The molecule has 0 fully saturated rings. The highest BCUT2D eigenvalue weighted by atomic mass is 32.2. The zero-order chi connectivity index (χ0) is 10.7. The Bertz CT molecular complexity index is 505. The highest BCUT2D eigenvalue weighted by Gasteiger charge is 2.07. The van der Waals surface area contributed by atoms with Crippen molar-refractivity contribution in [2.75, 3.05) is 6.26 Å². The fourth-order valence-electron chi connectivity index (χ4n) is 1.51. The van der Waals surface area contributed by atoms with Gasteiger partial charge in [0.05, 0.1) is 5.56 Å². The van der Waals surface area contributed by atoms with E-state index in [9.17, 15) is 4.79 Å². The number of hydrogen-bond acceptors (Lipinski definition) is 2. The van der Waals surface area contributed by atoms with Gasteiger partial charge in [-0.3, -0.25) is 4.79 Å². The van der Waals surface area contributed by atoms with Crippen LogP contribution in [0.5, 0.6) is 0 Å². The van der Waals surface area contributed by atoms with Gasteiger partial charge < -0.3 is 4.98 Å². The average molecular weight is 217 g/mol. The smallest absolute Gasteiger partial charge is 0.256 e. The Morgan fingerprint density at radius 1 is 1.13 bits per heavy atom. The van der Waals surface area contributed by atoms with Gasteiger partial charge in [0, 0.05) is 11.1 Å². The van der Waals surface area contributed by atoms with Crippen molar-refractivity contribution >= 4 is 11.8 Å². The molecule has 1 aromatic carbocycles. The van der Waals surface area contributed by atoms with Crippen molar-refractivity contribution in [3.63, 3.8) is 0 Å². The minimum atomic E-state index is -0.0342. The van der Waals surface area contributed by atoms with Crippen LogP contribution in [0, 0.1) is 0 Å². The molecule has 0 atom stereocenters. The van der Waals surface area contributed by atoms with Crippen molar-refractivity contribution in [2.45, 2.75) is 4.90 Å². The maximum Gasteiger partial charge on any atom is 0.256 e. The quantitative estimate of drug-likeness (QED) is 0.785. The number of aromatic nitrogens is 1. The molecule has 0 amide bonds. The number of nitrogens with one attached hydrogen (secondary N) is 1. The molecular formula is C12H11NOS. The molecule has 1 heterocycles. The molecule has 0 saturated carbocycles. The fourth-order valence-corrected chi connectivity index (χ4v) is 2.13. The Balaban J connectivity index is 2.67. The second kappa shape index (κ2) is 4.36. The molecule has 0 spiro atoms. The fraction of sp³-hybridized carbons (Fsp3) is 0.0833. The molecule has 3 heteroatoms. The van der Waals surface area contributed by atoms with Crippen LogP contribution in [-0.2, 0) is 0 Å². The normalized spacial score (nSPS) is 10.2. The Hall–Kier alpha value is -1.48. The lowest BCUT2D eigenvalue weighted by Crippen LogP contribution is -2.08. The van der Waals surface area contributed by atoms with E-state index in [0.29, 0.717) is 0 Å². The Morgan fingerprint density at radius 2 is 1.87 bits per heavy atom. The van der Waals surface area contributed by atoms with Gasteiger partial charge in [-0.2, -0.15) is 0 Å². The summed E-state index contributed by atoms with van der Waals surface area (Å²) in [6, 6.07) is 11.6. The maximum atomic E-state index is 11.7. The van der Waals surface area contributed by atoms with E-state index in [2.05, 4.69) is 4.98 Å². The molecule has 2 nitrogen and oxygen atoms in total. The number of benzene rings is 1. The van der Waals surface area contributed by atoms with Gasteiger partial charge >= 0.3 is 0 Å². The number of rotatable bonds is 2. The van der Waals surface area contributed by atoms with E-state index in [-0.39, 0.29) is 5.56 Å². The van der Waals surface area contributed by atoms with Gasteiger partial charge in [-0.05, 0) is 17.9 Å². The number of hydrogen-bond donors (Lipinski definition) is 1. The van der Waals surface area contributed by atoms with Crippen molar-refractivity contribution in [2.24, 2.45) is 0 Å². The lowest BCUT2D eigenvalue weighted by Gasteiger charge is -2.05. The monoisotopic (exact) mass is 217 g/mol. The lowest BCUT2D eigenvalue weighted by atomic mass is 10.1. The van der Waals surface area contributed by atoms with Crippen LogP contribution in [-0.4, -0.2) is 11.2 Å². The molecule has 2 aromatic rings. The lowest BCUT2D eigenvalue weighted by molar-refractivity contribution is 1.19. The molecule has 76 valence electrons. The van der Waals surface area contributed by atoms with Crippen molar-refractivity contribution in [1.82, 2.24) is 4.98 Å². The largest absolute Gasteiger partial charge is 0.329 e. The summed E-state index contributed by atoms with van der Waals surface area (Å²) in [5.74, 6) is 0. The number of aromatic amines is 1. The van der Waals surface area contributed by atoms with E-state index >= 15 is 0 Å². The summed E-state index contributed by atoms with van der Waals surface area (Å²) >= 11 is 1.58. The summed E-state index contributed by atoms with van der Waals surface area (Å²) in [6.45, 7) is 0. The van der Waals surface area contributed by atoms with E-state index in [1.54, 1.807) is 18.0 Å². The Kier molecular flexibility index (Phi) is 2.92. The molecule has 0 aliphatic carbocycles. The van der Waals surface area contributed by atoms with E-state index in [1.807, 2.05) is 42.7 Å². The van der Waals surface area contributed by atoms with Crippen molar-refractivity contribution in [3.05, 3.63) is 52.9 Å². The number of thioether (sulfide) groups is 1. The molecule has 1 N–H and O–H groups in total. The molecule has 0 bridgehead atoms. The van der Waals surface area contributed by atoms with Crippen LogP contribution in [0.3, 0.4) is 0 Å². The third kappa shape index (κ3) is 1.97. The predicted molar refractivity (Wildman–Crippen MR) is 64.3 cm³/mol. The molecule has 2 rings (SSSR count). The molecule has 1 aromatic heterocycles. The van der Waals surface area contributed by atoms with Gasteiger partial charge in [0.15, 0.2) is 0 Å². The molecule has 0 unspecified atom stereocenters. The zero-order valence-electron chi connectivity index (χ0n) is 8.36. The van der Waals surface area contributed by atoms with E-state index in [4.69, 9.17) is 0 Å². The van der Waals surface area contributed by atoms with Crippen LogP contribution >= 0.6 is 11.8 Å². The number of pyridine rings is 1. The van der Waals surface area contributed by atoms with Crippen LogP contribution in [0.15, 0.2) is 52.3 Å². The molecule has 15 heavy (non-hydrogen) atoms. The van der Waals surface area contributed by atoms with E-state index in [1.165, 1.54) is 0 Å². The first-order chi connectivity index (χ1) is 7.33. The molecular weight excluding hydrogens is 206 g/mol. The first-order valence-corrected chi connectivity index (χ1v) is 5.86. The summed E-state index contributed by atoms with van der Waals surface area (Å²) in [7, 11) is 0. The summed E-state index contributed by atoms with van der Waals surface area (Å²) in [4.78, 5) is 15.4. The first-order valence-electron chi connectivity index (χ1n) is 4.64. The van der Waals surface area contributed by atoms with Crippen LogP contribution in [0.4, 0.5) is 0 Å². The van der Waals surface area contributed by atoms with Gasteiger partial charge in [0.1, 0.15) is 0 Å². The van der Waals surface area contributed by atoms with Crippen LogP contribution < -0.4 is 5.56 Å². The molecule has 0 radical (unpaired) electrons. The van der Waals surface area contributed by atoms with Crippen molar-refractivity contribution < 1.29 is 0 Å². The SMILES string of the molecule is CSc1cc[nH]c(=O)c1-c1ccccc1. The highest BCUT2D eigenvalue weighted by molar-refractivity contribution is 7.98. The summed E-state index contributed by atoms with van der Waals surface area (Å²) in [5, 5.41) is 0. The Morgan fingerprint density at radius 3 is 2.53 bits per heavy atom. The summed E-state index contributed by atoms with van der Waals surface area (Å²) in [6.07, 6.45) is 3.65. The van der Waals surface area contributed by atoms with Crippen molar-refractivity contribution in [1.29, 1.82) is 0 Å². The van der Waals surface area contributed by atoms with Crippen molar-refractivity contribution in [3.8, 4) is 11.1 Å². The standard InChI is InChI=1S/C12H11NOS/c1-15-10-7-8-13-12(14)11(10)9-5-3-2-4-6-9/h2-8H,1H3,(H,13,14). The molecule has 0 saturated heterocycles. The molecule has 0 aliphatic heterocycles.